The summed E-state index contributed by atoms with van der Waals surface area (Å²) in [6.07, 6.45) is 1.58. The average Bonchev–Trinajstić information content (AvgIpc) is 2.68. The maximum Gasteiger partial charge on any atom is 0.514 e. The molecule has 0 unspecified atom stereocenters. The van der Waals surface area contributed by atoms with Gasteiger partial charge in [-0.2, -0.15) is 0 Å². The Morgan fingerprint density at radius 3 is 1.85 bits per heavy atom. The summed E-state index contributed by atoms with van der Waals surface area (Å²) in [5.74, 6) is -0.410. The third-order valence-electron chi connectivity index (χ3n) is 3.03. The Balaban J connectivity index is 1.93. The monoisotopic (exact) mass is 368 g/mol. The average molecular weight is 368 g/mol. The lowest BCUT2D eigenvalue weighted by Gasteiger charge is -2.07. The Hall–Kier alpha value is -3.87. The van der Waals surface area contributed by atoms with Gasteiger partial charge in [-0.1, -0.05) is 19.2 Å². The summed E-state index contributed by atoms with van der Waals surface area (Å²) in [5, 5.41) is 0. The van der Waals surface area contributed by atoms with E-state index in [1.165, 1.54) is 54.6 Å². The van der Waals surface area contributed by atoms with Crippen LogP contribution in [0.1, 0.15) is 10.4 Å². The van der Waals surface area contributed by atoms with Crippen molar-refractivity contribution in [1.82, 2.24) is 0 Å². The van der Waals surface area contributed by atoms with E-state index in [4.69, 9.17) is 14.2 Å². The van der Waals surface area contributed by atoms with Gasteiger partial charge in [0.15, 0.2) is 0 Å². The first-order chi connectivity index (χ1) is 13.0. The van der Waals surface area contributed by atoms with Crippen molar-refractivity contribution in [3.8, 4) is 17.2 Å². The second-order valence-electron chi connectivity index (χ2n) is 4.96. The quantitative estimate of drug-likeness (QED) is 0.242. The van der Waals surface area contributed by atoms with E-state index in [-0.39, 0.29) is 23.7 Å². The molecule has 138 valence electrons. The summed E-state index contributed by atoms with van der Waals surface area (Å²) in [6, 6.07) is 11.7. The first-order valence-electron chi connectivity index (χ1n) is 7.74. The lowest BCUT2D eigenvalue weighted by molar-refractivity contribution is -0.128. The van der Waals surface area contributed by atoms with Crippen molar-refractivity contribution < 1.29 is 33.3 Å². The van der Waals surface area contributed by atoms with Crippen molar-refractivity contribution in [3.05, 3.63) is 79.4 Å². The number of carbonyl (C=O) groups is 3. The van der Waals surface area contributed by atoms with E-state index in [1.54, 1.807) is 0 Å². The molecule has 0 N–H and O–H groups in total. The van der Waals surface area contributed by atoms with E-state index >= 15 is 0 Å². The number of esters is 2. The minimum atomic E-state index is -0.873. The third-order valence-corrected chi connectivity index (χ3v) is 3.03. The van der Waals surface area contributed by atoms with Gasteiger partial charge in [0.25, 0.3) is 0 Å². The molecular formula is C20H16O7. The molecule has 2 aromatic rings. The minimum absolute atomic E-state index is 0.0365. The Bertz CT molecular complexity index is 836. The van der Waals surface area contributed by atoms with Crippen LogP contribution in [-0.4, -0.2) is 24.7 Å². The maximum absolute atomic E-state index is 12.1. The van der Waals surface area contributed by atoms with Gasteiger partial charge in [-0.05, 0) is 48.5 Å². The summed E-state index contributed by atoms with van der Waals surface area (Å²) >= 11 is 0. The number of ether oxygens (including phenoxy) is 4. The van der Waals surface area contributed by atoms with Crippen LogP contribution in [0.4, 0.5) is 4.79 Å². The zero-order valence-corrected chi connectivity index (χ0v) is 14.3. The van der Waals surface area contributed by atoms with Crippen LogP contribution in [-0.2, 0) is 9.53 Å². The molecule has 0 bridgehead atoms. The molecule has 0 aliphatic heterocycles. The van der Waals surface area contributed by atoms with Crippen molar-refractivity contribution in [1.29, 1.82) is 0 Å². The molecule has 0 aliphatic rings. The molecule has 27 heavy (non-hydrogen) atoms. The van der Waals surface area contributed by atoms with Crippen LogP contribution >= 0.6 is 0 Å². The van der Waals surface area contributed by atoms with E-state index in [9.17, 15) is 14.4 Å². The molecule has 7 heteroatoms. The molecular weight excluding hydrogens is 352 g/mol. The second kappa shape index (κ2) is 9.57. The van der Waals surface area contributed by atoms with Crippen LogP contribution in [0.15, 0.2) is 73.8 Å². The molecule has 0 aliphatic carbocycles. The zero-order chi connectivity index (χ0) is 19.6. The van der Waals surface area contributed by atoms with Crippen LogP contribution in [0.25, 0.3) is 0 Å². The summed E-state index contributed by atoms with van der Waals surface area (Å²) in [6.45, 7) is 6.75. The molecule has 0 atom stereocenters. The fraction of sp³-hybridized carbons (Fsp3) is 0.0500. The van der Waals surface area contributed by atoms with Gasteiger partial charge in [0, 0.05) is 6.08 Å². The molecule has 7 nitrogen and oxygen atoms in total. The Morgan fingerprint density at radius 1 is 0.778 bits per heavy atom. The summed E-state index contributed by atoms with van der Waals surface area (Å²) in [4.78, 5) is 34.6. The first-order valence-corrected chi connectivity index (χ1v) is 7.74. The van der Waals surface area contributed by atoms with E-state index in [1.807, 2.05) is 0 Å². The van der Waals surface area contributed by atoms with Crippen LogP contribution in [0.5, 0.6) is 17.2 Å². The molecule has 2 rings (SSSR count). The highest BCUT2D eigenvalue weighted by Gasteiger charge is 2.11. The van der Waals surface area contributed by atoms with Crippen molar-refractivity contribution in [2.75, 3.05) is 6.61 Å². The highest BCUT2D eigenvalue weighted by Crippen LogP contribution is 2.20. The van der Waals surface area contributed by atoms with Crippen LogP contribution in [0, 0.1) is 0 Å². The lowest BCUT2D eigenvalue weighted by Crippen LogP contribution is -2.11. The molecule has 0 amide bonds. The molecule has 0 aromatic heterocycles. The van der Waals surface area contributed by atoms with Gasteiger partial charge in [-0.3, -0.25) is 0 Å². The largest absolute Gasteiger partial charge is 0.514 e. The lowest BCUT2D eigenvalue weighted by atomic mass is 10.2. The molecule has 0 radical (unpaired) electrons. The number of rotatable bonds is 7. The van der Waals surface area contributed by atoms with Gasteiger partial charge in [-0.15, -0.1) is 0 Å². The van der Waals surface area contributed by atoms with Gasteiger partial charge >= 0.3 is 18.1 Å². The van der Waals surface area contributed by atoms with Crippen LogP contribution in [0.3, 0.4) is 0 Å². The minimum Gasteiger partial charge on any atom is -0.430 e. The molecule has 0 saturated carbocycles. The van der Waals surface area contributed by atoms with Crippen molar-refractivity contribution in [2.45, 2.75) is 0 Å². The Kier molecular flexibility index (Phi) is 6.90. The van der Waals surface area contributed by atoms with Gasteiger partial charge in [0.2, 0.25) is 0 Å². The standard InChI is InChI=1S/C20H16O7/c1-3-13-24-20(23)27-17-7-5-14(6-8-17)19(22)26-16-11-9-15(10-12-16)25-18(21)4-2/h3-12H,1-2,13H2. The number of benzene rings is 2. The molecule has 0 saturated heterocycles. The normalized spacial score (nSPS) is 9.63. The Labute approximate surface area is 155 Å². The number of hydrogen-bond donors (Lipinski definition) is 0. The predicted molar refractivity (Wildman–Crippen MR) is 95.8 cm³/mol. The van der Waals surface area contributed by atoms with E-state index in [0.717, 1.165) is 6.08 Å². The predicted octanol–water partition coefficient (Wildman–Crippen LogP) is 3.70. The number of hydrogen-bond acceptors (Lipinski definition) is 7. The van der Waals surface area contributed by atoms with E-state index in [0.29, 0.717) is 5.75 Å². The molecule has 2 aromatic carbocycles. The van der Waals surface area contributed by atoms with Crippen molar-refractivity contribution in [2.24, 2.45) is 0 Å². The fourth-order valence-corrected chi connectivity index (χ4v) is 1.81. The van der Waals surface area contributed by atoms with Crippen LogP contribution < -0.4 is 14.2 Å². The van der Waals surface area contributed by atoms with E-state index < -0.39 is 18.1 Å². The summed E-state index contributed by atoms with van der Waals surface area (Å²) in [5.41, 5.74) is 0.254. The van der Waals surface area contributed by atoms with E-state index in [2.05, 4.69) is 17.9 Å². The van der Waals surface area contributed by atoms with Gasteiger partial charge < -0.3 is 18.9 Å². The van der Waals surface area contributed by atoms with Crippen LogP contribution in [0.2, 0.25) is 0 Å². The molecule has 0 heterocycles. The van der Waals surface area contributed by atoms with Gasteiger partial charge in [0.05, 0.1) is 5.56 Å². The summed E-state index contributed by atoms with van der Waals surface area (Å²) in [7, 11) is 0. The van der Waals surface area contributed by atoms with Crippen molar-refractivity contribution in [3.63, 3.8) is 0 Å². The zero-order valence-electron chi connectivity index (χ0n) is 14.3. The smallest absolute Gasteiger partial charge is 0.430 e. The fourth-order valence-electron chi connectivity index (χ4n) is 1.81. The first kappa shape index (κ1) is 19.5. The SMILES string of the molecule is C=CCOC(=O)Oc1ccc(C(=O)Oc2ccc(OC(=O)C=C)cc2)cc1. The second-order valence-corrected chi connectivity index (χ2v) is 4.96. The third kappa shape index (κ3) is 6.17. The highest BCUT2D eigenvalue weighted by atomic mass is 16.7. The maximum atomic E-state index is 12.1. The summed E-state index contributed by atoms with van der Waals surface area (Å²) < 4.78 is 19.7. The van der Waals surface area contributed by atoms with Gasteiger partial charge in [-0.25, -0.2) is 14.4 Å². The molecule has 0 fully saturated rings. The Morgan fingerprint density at radius 2 is 1.30 bits per heavy atom. The topological polar surface area (TPSA) is 88.1 Å². The van der Waals surface area contributed by atoms with Gasteiger partial charge in [0.1, 0.15) is 23.9 Å². The number of carbonyl (C=O) groups excluding carboxylic acids is 3. The highest BCUT2D eigenvalue weighted by molar-refractivity contribution is 5.91. The molecule has 0 spiro atoms. The van der Waals surface area contributed by atoms with Crippen molar-refractivity contribution >= 4 is 18.1 Å².